The van der Waals surface area contributed by atoms with Crippen LogP contribution in [0.2, 0.25) is 0 Å². The van der Waals surface area contributed by atoms with Crippen LogP contribution in [0.25, 0.3) is 0 Å². The van der Waals surface area contributed by atoms with Crippen LogP contribution in [0.4, 0.5) is 11.4 Å². The summed E-state index contributed by atoms with van der Waals surface area (Å²) in [4.78, 5) is 40.0. The molecule has 4 aromatic rings. The lowest BCUT2D eigenvalue weighted by Crippen LogP contribution is -2.45. The summed E-state index contributed by atoms with van der Waals surface area (Å²) in [5, 5.41) is 5.79. The highest BCUT2D eigenvalue weighted by molar-refractivity contribution is 6.05. The van der Waals surface area contributed by atoms with Crippen molar-refractivity contribution in [3.8, 4) is 5.75 Å². The minimum absolute atomic E-state index is 0.111. The van der Waals surface area contributed by atoms with Crippen molar-refractivity contribution in [3.05, 3.63) is 125 Å². The normalized spacial score (nSPS) is 14.3. The molecule has 0 aromatic heterocycles. The van der Waals surface area contributed by atoms with E-state index in [1.165, 1.54) is 0 Å². The number of para-hydroxylation sites is 2. The fourth-order valence-electron chi connectivity index (χ4n) is 4.76. The number of nitrogen functional groups attached to an aromatic ring is 1. The Morgan fingerprint density at radius 3 is 2.22 bits per heavy atom. The number of benzene rings is 4. The summed E-state index contributed by atoms with van der Waals surface area (Å²) in [7, 11) is 0. The SMILES string of the molecule is Nc1ccccc1NC(=O)c1ccc(COc2ccc(CNC(=O)[C@@H]3CCCN3C(=O)c3ccccc3)cc2)cc1. The fraction of sp³-hybridized carbons (Fsp3) is 0.182. The first-order valence-electron chi connectivity index (χ1n) is 13.6. The van der Waals surface area contributed by atoms with Crippen molar-refractivity contribution in [2.75, 3.05) is 17.6 Å². The van der Waals surface area contributed by atoms with Gasteiger partial charge in [-0.25, -0.2) is 0 Å². The second-order valence-corrected chi connectivity index (χ2v) is 9.91. The number of nitrogens with zero attached hydrogens (tertiary/aromatic N) is 1. The molecule has 0 unspecified atom stereocenters. The Morgan fingerprint density at radius 2 is 1.49 bits per heavy atom. The summed E-state index contributed by atoms with van der Waals surface area (Å²) >= 11 is 0. The molecule has 0 radical (unpaired) electrons. The number of ether oxygens (including phenoxy) is 1. The molecule has 8 nitrogen and oxygen atoms in total. The maximum absolute atomic E-state index is 12.9. The first-order valence-corrected chi connectivity index (χ1v) is 13.6. The second-order valence-electron chi connectivity index (χ2n) is 9.91. The van der Waals surface area contributed by atoms with Crippen LogP contribution >= 0.6 is 0 Å². The molecule has 0 saturated carbocycles. The lowest BCUT2D eigenvalue weighted by molar-refractivity contribution is -0.125. The summed E-state index contributed by atoms with van der Waals surface area (Å²) in [5.74, 6) is 0.204. The summed E-state index contributed by atoms with van der Waals surface area (Å²) in [5.41, 5.74) is 9.95. The van der Waals surface area contributed by atoms with Gasteiger partial charge in [0.05, 0.1) is 11.4 Å². The highest BCUT2D eigenvalue weighted by Gasteiger charge is 2.34. The zero-order chi connectivity index (χ0) is 28.6. The third-order valence-corrected chi connectivity index (χ3v) is 7.06. The molecule has 1 aliphatic heterocycles. The largest absolute Gasteiger partial charge is 0.489 e. The zero-order valence-electron chi connectivity index (χ0n) is 22.6. The summed E-state index contributed by atoms with van der Waals surface area (Å²) in [6.45, 7) is 1.29. The zero-order valence-corrected chi connectivity index (χ0v) is 22.6. The van der Waals surface area contributed by atoms with Gasteiger partial charge in [-0.2, -0.15) is 0 Å². The van der Waals surface area contributed by atoms with Gasteiger partial charge in [0.25, 0.3) is 11.8 Å². The highest BCUT2D eigenvalue weighted by Crippen LogP contribution is 2.21. The van der Waals surface area contributed by atoms with E-state index in [9.17, 15) is 14.4 Å². The van der Waals surface area contributed by atoms with E-state index in [1.54, 1.807) is 41.3 Å². The minimum atomic E-state index is -0.459. The summed E-state index contributed by atoms with van der Waals surface area (Å²) in [6.07, 6.45) is 1.46. The molecule has 0 spiro atoms. The Labute approximate surface area is 239 Å². The molecule has 1 fully saturated rings. The van der Waals surface area contributed by atoms with Crippen molar-refractivity contribution < 1.29 is 19.1 Å². The molecule has 0 bridgehead atoms. The third-order valence-electron chi connectivity index (χ3n) is 7.06. The van der Waals surface area contributed by atoms with E-state index in [1.807, 2.05) is 66.7 Å². The third kappa shape index (κ3) is 6.91. The number of anilines is 2. The number of nitrogens with two attached hydrogens (primary N) is 1. The smallest absolute Gasteiger partial charge is 0.255 e. The number of amides is 3. The molecule has 4 N–H and O–H groups in total. The molecule has 1 atom stereocenters. The molecule has 41 heavy (non-hydrogen) atoms. The number of nitrogens with one attached hydrogen (secondary N) is 2. The molecule has 208 valence electrons. The van der Waals surface area contributed by atoms with Gasteiger partial charge in [0.2, 0.25) is 5.91 Å². The Kier molecular flexibility index (Phi) is 8.59. The maximum Gasteiger partial charge on any atom is 0.255 e. The summed E-state index contributed by atoms with van der Waals surface area (Å²) < 4.78 is 5.90. The van der Waals surface area contributed by atoms with Crippen LogP contribution in [-0.2, 0) is 17.9 Å². The van der Waals surface area contributed by atoms with Gasteiger partial charge in [-0.3, -0.25) is 14.4 Å². The van der Waals surface area contributed by atoms with E-state index in [2.05, 4.69) is 10.6 Å². The quantitative estimate of drug-likeness (QED) is 0.254. The molecule has 1 saturated heterocycles. The van der Waals surface area contributed by atoms with Gasteiger partial charge in [0.1, 0.15) is 18.4 Å². The van der Waals surface area contributed by atoms with Crippen molar-refractivity contribution in [2.24, 2.45) is 0 Å². The van der Waals surface area contributed by atoms with Crippen LogP contribution in [0, 0.1) is 0 Å². The predicted molar refractivity (Wildman–Crippen MR) is 158 cm³/mol. The molecular weight excluding hydrogens is 516 g/mol. The molecule has 0 aliphatic carbocycles. The topological polar surface area (TPSA) is 114 Å². The van der Waals surface area contributed by atoms with Crippen LogP contribution in [-0.4, -0.2) is 35.2 Å². The Morgan fingerprint density at radius 1 is 0.805 bits per heavy atom. The van der Waals surface area contributed by atoms with Crippen LogP contribution in [0.15, 0.2) is 103 Å². The summed E-state index contributed by atoms with van der Waals surface area (Å²) in [6, 6.07) is 30.4. The number of hydrogen-bond acceptors (Lipinski definition) is 5. The van der Waals surface area contributed by atoms with Gasteiger partial charge >= 0.3 is 0 Å². The van der Waals surface area contributed by atoms with Crippen molar-refractivity contribution in [1.29, 1.82) is 0 Å². The molecule has 1 heterocycles. The first kappa shape index (κ1) is 27.5. The van der Waals surface area contributed by atoms with Crippen LogP contribution in [0.5, 0.6) is 5.75 Å². The minimum Gasteiger partial charge on any atom is -0.489 e. The van der Waals surface area contributed by atoms with E-state index in [-0.39, 0.29) is 17.7 Å². The van der Waals surface area contributed by atoms with E-state index in [4.69, 9.17) is 10.5 Å². The van der Waals surface area contributed by atoms with Crippen molar-refractivity contribution in [2.45, 2.75) is 32.0 Å². The Bertz CT molecular complexity index is 1500. The fourth-order valence-corrected chi connectivity index (χ4v) is 4.76. The van der Waals surface area contributed by atoms with Crippen molar-refractivity contribution in [3.63, 3.8) is 0 Å². The lowest BCUT2D eigenvalue weighted by atomic mass is 10.1. The molecule has 3 amide bonds. The van der Waals surface area contributed by atoms with E-state index < -0.39 is 6.04 Å². The standard InChI is InChI=1S/C33H32N4O4/c34-28-9-4-5-10-29(28)36-31(38)25-16-12-24(13-17-25)22-41-27-18-14-23(15-19-27)21-35-32(39)30-11-6-20-37(30)33(40)26-7-2-1-3-8-26/h1-5,7-10,12-19,30H,6,11,20-22,34H2,(H,35,39)(H,36,38)/t30-/m0/s1. The van der Waals surface area contributed by atoms with Gasteiger partial charge < -0.3 is 26.0 Å². The second kappa shape index (κ2) is 12.8. The van der Waals surface area contributed by atoms with Crippen molar-refractivity contribution >= 4 is 29.1 Å². The highest BCUT2D eigenvalue weighted by atomic mass is 16.5. The van der Waals surface area contributed by atoms with Crippen LogP contribution in [0.1, 0.15) is 44.7 Å². The average molecular weight is 549 g/mol. The average Bonchev–Trinajstić information content (AvgIpc) is 3.51. The molecule has 5 rings (SSSR count). The predicted octanol–water partition coefficient (Wildman–Crippen LogP) is 5.02. The van der Waals surface area contributed by atoms with Crippen LogP contribution < -0.4 is 21.1 Å². The van der Waals surface area contributed by atoms with E-state index >= 15 is 0 Å². The van der Waals surface area contributed by atoms with E-state index in [0.29, 0.717) is 54.4 Å². The van der Waals surface area contributed by atoms with Gasteiger partial charge in [-0.1, -0.05) is 54.6 Å². The van der Waals surface area contributed by atoms with Crippen LogP contribution in [0.3, 0.4) is 0 Å². The van der Waals surface area contributed by atoms with Crippen molar-refractivity contribution in [1.82, 2.24) is 10.2 Å². The first-order chi connectivity index (χ1) is 20.0. The Hall–Kier alpha value is -5.11. The molecule has 1 aliphatic rings. The number of hydrogen-bond donors (Lipinski definition) is 3. The number of carbonyl (C=O) groups is 3. The number of carbonyl (C=O) groups excluding carboxylic acids is 3. The lowest BCUT2D eigenvalue weighted by Gasteiger charge is -2.24. The molecule has 4 aromatic carbocycles. The number of likely N-dealkylation sites (tertiary alicyclic amines) is 1. The maximum atomic E-state index is 12.9. The van der Waals surface area contributed by atoms with Gasteiger partial charge in [0, 0.05) is 24.2 Å². The monoisotopic (exact) mass is 548 g/mol. The van der Waals surface area contributed by atoms with Gasteiger partial charge in [-0.15, -0.1) is 0 Å². The molecule has 8 heteroatoms. The Balaban J connectivity index is 1.09. The van der Waals surface area contributed by atoms with Gasteiger partial charge in [0.15, 0.2) is 0 Å². The van der Waals surface area contributed by atoms with Gasteiger partial charge in [-0.05, 0) is 72.5 Å². The number of rotatable bonds is 9. The van der Waals surface area contributed by atoms with E-state index in [0.717, 1.165) is 17.5 Å². The molecular formula is C33H32N4O4.